The summed E-state index contributed by atoms with van der Waals surface area (Å²) in [6, 6.07) is -1.53. The van der Waals surface area contributed by atoms with Gasteiger partial charge in [-0.25, -0.2) is 0 Å². The summed E-state index contributed by atoms with van der Waals surface area (Å²) < 4.78 is 0. The maximum absolute atomic E-state index is 11.0. The van der Waals surface area contributed by atoms with Gasteiger partial charge in [0.1, 0.15) is 12.1 Å². The molecule has 3 atom stereocenters. The number of carboxylic acids is 2. The molecule has 118 valence electrons. The van der Waals surface area contributed by atoms with E-state index in [0.717, 1.165) is 0 Å². The molecule has 3 unspecified atom stereocenters. The highest BCUT2D eigenvalue weighted by atomic mass is 33.1. The molecule has 0 bridgehead atoms. The number of hydrogen-bond acceptors (Lipinski definition) is 7. The minimum Gasteiger partial charge on any atom is -0.480 e. The van der Waals surface area contributed by atoms with Crippen LogP contribution in [0.4, 0.5) is 0 Å². The number of nitrogens with one attached hydrogen (secondary N) is 1. The fourth-order valence-corrected chi connectivity index (χ4v) is 3.41. The average Bonchev–Trinajstić information content (AvgIpc) is 2.35. The van der Waals surface area contributed by atoms with Gasteiger partial charge < -0.3 is 26.4 Å². The van der Waals surface area contributed by atoms with E-state index in [1.54, 1.807) is 6.92 Å². The molecule has 0 radical (unpaired) electrons. The third-order valence-electron chi connectivity index (χ3n) is 2.36. The lowest BCUT2D eigenvalue weighted by Gasteiger charge is -2.15. The van der Waals surface area contributed by atoms with E-state index in [-0.39, 0.29) is 6.54 Å². The molecule has 0 saturated carbocycles. The van der Waals surface area contributed by atoms with Crippen molar-refractivity contribution in [2.45, 2.75) is 38.0 Å². The molecule has 0 fully saturated rings. The molecule has 0 aromatic heterocycles. The third-order valence-corrected chi connectivity index (χ3v) is 4.83. The van der Waals surface area contributed by atoms with Crippen LogP contribution in [0.15, 0.2) is 0 Å². The van der Waals surface area contributed by atoms with Crippen molar-refractivity contribution in [3.8, 4) is 0 Å². The Labute approximate surface area is 126 Å². The second kappa shape index (κ2) is 11.2. The van der Waals surface area contributed by atoms with E-state index in [2.05, 4.69) is 5.32 Å². The van der Waals surface area contributed by atoms with Gasteiger partial charge in [0.25, 0.3) is 0 Å². The Hall–Kier alpha value is -0.480. The summed E-state index contributed by atoms with van der Waals surface area (Å²) in [6.45, 7) is 1.82. The number of carboxylic acid groups (broad SMARTS) is 2. The predicted octanol–water partition coefficient (Wildman–Crippen LogP) is -0.0165. The summed E-state index contributed by atoms with van der Waals surface area (Å²) in [5.74, 6) is -0.721. The number of hydrogen-bond donors (Lipinski definition) is 5. The van der Waals surface area contributed by atoms with Crippen LogP contribution < -0.4 is 11.1 Å². The van der Waals surface area contributed by atoms with Gasteiger partial charge in [-0.05, 0) is 19.8 Å². The van der Waals surface area contributed by atoms with Crippen molar-refractivity contribution in [2.24, 2.45) is 5.73 Å². The van der Waals surface area contributed by atoms with Crippen LogP contribution in [0, 0.1) is 0 Å². The van der Waals surface area contributed by atoms with Crippen LogP contribution in [-0.4, -0.2) is 63.5 Å². The van der Waals surface area contributed by atoms with E-state index in [9.17, 15) is 9.59 Å². The van der Waals surface area contributed by atoms with Crippen LogP contribution in [0.3, 0.4) is 0 Å². The van der Waals surface area contributed by atoms with Gasteiger partial charge in [0.2, 0.25) is 0 Å². The minimum absolute atomic E-state index is 0.238. The standard InChI is InChI=1S/C11H22N2O5S2/c1-7(14)6-13-9(11(17)18)3-5-20-19-4-2-8(12)10(15)16/h7-9,13-14H,2-6,12H2,1H3,(H,15,16)(H,17,18). The number of carbonyl (C=O) groups is 2. The summed E-state index contributed by atoms with van der Waals surface area (Å²) in [5.41, 5.74) is 5.35. The zero-order valence-electron chi connectivity index (χ0n) is 11.3. The van der Waals surface area contributed by atoms with E-state index < -0.39 is 30.1 Å². The molecule has 0 spiro atoms. The van der Waals surface area contributed by atoms with Crippen molar-refractivity contribution in [1.82, 2.24) is 5.32 Å². The van der Waals surface area contributed by atoms with Gasteiger partial charge in [0.05, 0.1) is 6.10 Å². The Kier molecular flexibility index (Phi) is 10.9. The Bertz CT molecular complexity index is 305. The van der Waals surface area contributed by atoms with Crippen molar-refractivity contribution in [3.05, 3.63) is 0 Å². The monoisotopic (exact) mass is 326 g/mol. The van der Waals surface area contributed by atoms with Crippen LogP contribution >= 0.6 is 21.6 Å². The molecule has 0 aliphatic carbocycles. The average molecular weight is 326 g/mol. The largest absolute Gasteiger partial charge is 0.480 e. The second-order valence-electron chi connectivity index (χ2n) is 4.31. The van der Waals surface area contributed by atoms with Gasteiger partial charge in [-0.3, -0.25) is 9.59 Å². The molecule has 9 heteroatoms. The second-order valence-corrected chi connectivity index (χ2v) is 7.02. The van der Waals surface area contributed by atoms with Crippen molar-refractivity contribution >= 4 is 33.5 Å². The molecule has 20 heavy (non-hydrogen) atoms. The molecule has 0 aliphatic heterocycles. The molecule has 0 heterocycles. The van der Waals surface area contributed by atoms with E-state index in [4.69, 9.17) is 21.1 Å². The fraction of sp³-hybridized carbons (Fsp3) is 0.818. The highest BCUT2D eigenvalue weighted by Crippen LogP contribution is 2.23. The molecule has 7 nitrogen and oxygen atoms in total. The first-order valence-electron chi connectivity index (χ1n) is 6.21. The van der Waals surface area contributed by atoms with Crippen molar-refractivity contribution in [1.29, 1.82) is 0 Å². The lowest BCUT2D eigenvalue weighted by molar-refractivity contribution is -0.140. The van der Waals surface area contributed by atoms with Gasteiger partial charge in [-0.15, -0.1) is 0 Å². The summed E-state index contributed by atoms with van der Waals surface area (Å²) in [4.78, 5) is 21.4. The van der Waals surface area contributed by atoms with Crippen molar-refractivity contribution < 1.29 is 24.9 Å². The van der Waals surface area contributed by atoms with Gasteiger partial charge in [-0.1, -0.05) is 21.6 Å². The number of nitrogens with two attached hydrogens (primary N) is 1. The summed E-state index contributed by atoms with van der Waals surface area (Å²) >= 11 is 0. The summed E-state index contributed by atoms with van der Waals surface area (Å²) in [7, 11) is 2.97. The normalized spacial score (nSPS) is 15.6. The van der Waals surface area contributed by atoms with Crippen LogP contribution in [-0.2, 0) is 9.59 Å². The van der Waals surface area contributed by atoms with E-state index in [1.165, 1.54) is 21.6 Å². The first-order valence-corrected chi connectivity index (χ1v) is 8.70. The third kappa shape index (κ3) is 10.3. The Morgan fingerprint density at radius 1 is 1.15 bits per heavy atom. The SMILES string of the molecule is CC(O)CNC(CCSSCCC(N)C(=O)O)C(=O)O. The number of rotatable bonds is 12. The smallest absolute Gasteiger partial charge is 0.320 e. The molecule has 0 rings (SSSR count). The molecule has 0 aromatic carbocycles. The maximum Gasteiger partial charge on any atom is 0.320 e. The van der Waals surface area contributed by atoms with Gasteiger partial charge in [0.15, 0.2) is 0 Å². The van der Waals surface area contributed by atoms with E-state index >= 15 is 0 Å². The van der Waals surface area contributed by atoms with Crippen LogP contribution in [0.5, 0.6) is 0 Å². The molecule has 0 saturated heterocycles. The zero-order valence-corrected chi connectivity index (χ0v) is 13.0. The number of aliphatic hydroxyl groups excluding tert-OH is 1. The first-order chi connectivity index (χ1) is 9.34. The Balaban J connectivity index is 3.69. The Morgan fingerprint density at radius 3 is 2.15 bits per heavy atom. The van der Waals surface area contributed by atoms with Crippen LogP contribution in [0.2, 0.25) is 0 Å². The van der Waals surface area contributed by atoms with Crippen LogP contribution in [0.25, 0.3) is 0 Å². The van der Waals surface area contributed by atoms with Crippen molar-refractivity contribution in [2.75, 3.05) is 18.1 Å². The molecular formula is C11H22N2O5S2. The van der Waals surface area contributed by atoms with E-state index in [0.29, 0.717) is 24.3 Å². The zero-order chi connectivity index (χ0) is 15.5. The predicted molar refractivity (Wildman–Crippen MR) is 80.9 cm³/mol. The van der Waals surface area contributed by atoms with Gasteiger partial charge >= 0.3 is 11.9 Å². The number of aliphatic carboxylic acids is 2. The van der Waals surface area contributed by atoms with Gasteiger partial charge in [0, 0.05) is 18.1 Å². The lowest BCUT2D eigenvalue weighted by atomic mass is 10.2. The lowest BCUT2D eigenvalue weighted by Crippen LogP contribution is -2.40. The van der Waals surface area contributed by atoms with Crippen LogP contribution in [0.1, 0.15) is 19.8 Å². The number of aliphatic hydroxyl groups is 1. The minimum atomic E-state index is -1.01. The molecule has 0 amide bonds. The highest BCUT2D eigenvalue weighted by molar-refractivity contribution is 8.76. The maximum atomic E-state index is 11.0. The molecular weight excluding hydrogens is 304 g/mol. The molecule has 0 aromatic rings. The van der Waals surface area contributed by atoms with Gasteiger partial charge in [-0.2, -0.15) is 0 Å². The summed E-state index contributed by atoms with van der Waals surface area (Å²) in [6.07, 6.45) is 0.233. The fourth-order valence-electron chi connectivity index (χ4n) is 1.21. The first kappa shape index (κ1) is 19.5. The topological polar surface area (TPSA) is 133 Å². The molecule has 0 aliphatic rings. The summed E-state index contributed by atoms with van der Waals surface area (Å²) in [5, 5.41) is 29.4. The quantitative estimate of drug-likeness (QED) is 0.248. The van der Waals surface area contributed by atoms with Crippen molar-refractivity contribution in [3.63, 3.8) is 0 Å². The van der Waals surface area contributed by atoms with E-state index in [1.807, 2.05) is 0 Å². The molecule has 6 N–H and O–H groups in total. The highest BCUT2D eigenvalue weighted by Gasteiger charge is 2.17. The Morgan fingerprint density at radius 2 is 1.70 bits per heavy atom.